The average molecular weight is 328 g/mol. The van der Waals surface area contributed by atoms with Crippen molar-refractivity contribution in [2.75, 3.05) is 13.7 Å². The van der Waals surface area contributed by atoms with Gasteiger partial charge in [-0.3, -0.25) is 4.79 Å². The van der Waals surface area contributed by atoms with Crippen molar-refractivity contribution in [3.8, 4) is 11.5 Å². The Labute approximate surface area is 143 Å². The predicted octanol–water partition coefficient (Wildman–Crippen LogP) is 4.14. The van der Waals surface area contributed by atoms with Crippen LogP contribution in [0, 0.1) is 5.92 Å². The third kappa shape index (κ3) is 4.75. The summed E-state index contributed by atoms with van der Waals surface area (Å²) in [5.41, 5.74) is 1.64. The Bertz CT molecular complexity index is 662. The molecule has 24 heavy (non-hydrogen) atoms. The van der Waals surface area contributed by atoms with Gasteiger partial charge in [0, 0.05) is 5.56 Å². The lowest BCUT2D eigenvalue weighted by Crippen LogP contribution is -2.15. The second-order valence-corrected chi connectivity index (χ2v) is 6.19. The maximum atomic E-state index is 11.7. The molecule has 0 amide bonds. The lowest BCUT2D eigenvalue weighted by molar-refractivity contribution is -0.138. The van der Waals surface area contributed by atoms with E-state index in [4.69, 9.17) is 9.47 Å². The smallest absolute Gasteiger partial charge is 0.311 e. The van der Waals surface area contributed by atoms with Gasteiger partial charge in [0.15, 0.2) is 0 Å². The Balaban J connectivity index is 2.15. The van der Waals surface area contributed by atoms with E-state index in [0.29, 0.717) is 30.3 Å². The molecule has 0 radical (unpaired) electrons. The first kappa shape index (κ1) is 17.9. The molecule has 2 aromatic rings. The summed E-state index contributed by atoms with van der Waals surface area (Å²) in [7, 11) is 1.55. The summed E-state index contributed by atoms with van der Waals surface area (Å²) in [6.45, 7) is 4.86. The van der Waals surface area contributed by atoms with Crippen LogP contribution in [0.1, 0.15) is 30.9 Å². The fourth-order valence-corrected chi connectivity index (χ4v) is 2.50. The Hall–Kier alpha value is -2.49. The minimum Gasteiger partial charge on any atom is -0.496 e. The molecule has 0 aliphatic heterocycles. The highest BCUT2D eigenvalue weighted by Crippen LogP contribution is 2.30. The average Bonchev–Trinajstić information content (AvgIpc) is 2.58. The molecule has 0 aromatic heterocycles. The molecule has 1 N–H and O–H groups in total. The van der Waals surface area contributed by atoms with Gasteiger partial charge in [-0.2, -0.15) is 0 Å². The van der Waals surface area contributed by atoms with E-state index in [1.807, 2.05) is 36.4 Å². The number of methoxy groups -OCH3 is 1. The molecule has 0 saturated heterocycles. The van der Waals surface area contributed by atoms with Crippen LogP contribution in [0.3, 0.4) is 0 Å². The molecule has 2 rings (SSSR count). The normalized spacial score (nSPS) is 12.0. The lowest BCUT2D eigenvalue weighted by atomic mass is 9.91. The molecule has 4 nitrogen and oxygen atoms in total. The third-order valence-corrected chi connectivity index (χ3v) is 3.76. The van der Waals surface area contributed by atoms with Gasteiger partial charge in [-0.25, -0.2) is 0 Å². The quantitative estimate of drug-likeness (QED) is 0.791. The number of carbonyl (C=O) groups is 1. The van der Waals surface area contributed by atoms with Gasteiger partial charge in [-0.15, -0.1) is 0 Å². The van der Waals surface area contributed by atoms with E-state index >= 15 is 0 Å². The minimum absolute atomic E-state index is 0.403. The van der Waals surface area contributed by atoms with Crippen LogP contribution in [-0.4, -0.2) is 24.8 Å². The van der Waals surface area contributed by atoms with E-state index in [1.165, 1.54) is 0 Å². The molecule has 0 heterocycles. The maximum Gasteiger partial charge on any atom is 0.311 e. The van der Waals surface area contributed by atoms with Crippen molar-refractivity contribution in [3.63, 3.8) is 0 Å². The third-order valence-electron chi connectivity index (χ3n) is 3.76. The van der Waals surface area contributed by atoms with Crippen molar-refractivity contribution in [2.24, 2.45) is 5.92 Å². The van der Waals surface area contributed by atoms with Crippen molar-refractivity contribution in [1.82, 2.24) is 0 Å². The number of carboxylic acid groups (broad SMARTS) is 1. The van der Waals surface area contributed by atoms with Gasteiger partial charge in [-0.05, 0) is 36.1 Å². The van der Waals surface area contributed by atoms with Gasteiger partial charge in [0.25, 0.3) is 0 Å². The highest BCUT2D eigenvalue weighted by molar-refractivity contribution is 5.77. The number of ether oxygens (including phenoxy) is 2. The molecule has 0 aliphatic rings. The zero-order valence-corrected chi connectivity index (χ0v) is 14.4. The molecule has 4 heteroatoms. The Morgan fingerprint density at radius 3 is 2.33 bits per heavy atom. The molecular weight excluding hydrogens is 304 g/mol. The molecule has 0 aliphatic carbocycles. The number of hydrogen-bond acceptors (Lipinski definition) is 3. The first-order chi connectivity index (χ1) is 11.5. The Morgan fingerprint density at radius 2 is 1.75 bits per heavy atom. The van der Waals surface area contributed by atoms with Crippen molar-refractivity contribution in [3.05, 3.63) is 59.7 Å². The van der Waals surface area contributed by atoms with Crippen LogP contribution in [0.2, 0.25) is 0 Å². The summed E-state index contributed by atoms with van der Waals surface area (Å²) >= 11 is 0. The summed E-state index contributed by atoms with van der Waals surface area (Å²) in [6.07, 6.45) is 0.403. The molecule has 0 bridgehead atoms. The fourth-order valence-electron chi connectivity index (χ4n) is 2.50. The predicted molar refractivity (Wildman–Crippen MR) is 93.8 cm³/mol. The summed E-state index contributed by atoms with van der Waals surface area (Å²) in [5.74, 6) is 0.355. The van der Waals surface area contributed by atoms with Crippen LogP contribution in [-0.2, 0) is 11.2 Å². The number of benzene rings is 2. The minimum atomic E-state index is -0.861. The monoisotopic (exact) mass is 328 g/mol. The first-order valence-corrected chi connectivity index (χ1v) is 8.08. The highest BCUT2D eigenvalue weighted by atomic mass is 16.5. The zero-order valence-electron chi connectivity index (χ0n) is 14.4. The summed E-state index contributed by atoms with van der Waals surface area (Å²) in [6, 6.07) is 14.9. The number of para-hydroxylation sites is 1. The molecule has 0 spiro atoms. The fraction of sp³-hybridized carbons (Fsp3) is 0.350. The summed E-state index contributed by atoms with van der Waals surface area (Å²) < 4.78 is 11.0. The lowest BCUT2D eigenvalue weighted by Gasteiger charge is -2.16. The molecule has 1 atom stereocenters. The van der Waals surface area contributed by atoms with Gasteiger partial charge in [0.2, 0.25) is 0 Å². The molecular formula is C20H24O4. The van der Waals surface area contributed by atoms with Crippen molar-refractivity contribution in [1.29, 1.82) is 0 Å². The van der Waals surface area contributed by atoms with Crippen LogP contribution in [0.25, 0.3) is 0 Å². The van der Waals surface area contributed by atoms with Gasteiger partial charge in [-0.1, -0.05) is 44.2 Å². The van der Waals surface area contributed by atoms with Gasteiger partial charge < -0.3 is 14.6 Å². The Morgan fingerprint density at radius 1 is 1.08 bits per heavy atom. The van der Waals surface area contributed by atoms with E-state index in [-0.39, 0.29) is 0 Å². The van der Waals surface area contributed by atoms with E-state index in [1.54, 1.807) is 19.2 Å². The first-order valence-electron chi connectivity index (χ1n) is 8.08. The molecule has 2 aromatic carbocycles. The van der Waals surface area contributed by atoms with Crippen LogP contribution < -0.4 is 9.47 Å². The van der Waals surface area contributed by atoms with Gasteiger partial charge >= 0.3 is 5.97 Å². The van der Waals surface area contributed by atoms with Crippen LogP contribution in [0.15, 0.2) is 48.5 Å². The number of rotatable bonds is 8. The number of hydrogen-bond donors (Lipinski definition) is 1. The SMILES string of the molecule is COc1ccccc1C(Cc1ccc(OCC(C)C)cc1)C(=O)O. The topological polar surface area (TPSA) is 55.8 Å². The van der Waals surface area contributed by atoms with E-state index in [0.717, 1.165) is 11.3 Å². The number of aliphatic carboxylic acids is 1. The molecule has 1 unspecified atom stereocenters. The Kier molecular flexibility index (Phi) is 6.24. The summed E-state index contributed by atoms with van der Waals surface area (Å²) in [4.78, 5) is 11.7. The van der Waals surface area contributed by atoms with Gasteiger partial charge in [0.05, 0.1) is 19.6 Å². The van der Waals surface area contributed by atoms with E-state index < -0.39 is 11.9 Å². The van der Waals surface area contributed by atoms with Gasteiger partial charge in [0.1, 0.15) is 11.5 Å². The molecule has 0 saturated carbocycles. The second kappa shape index (κ2) is 8.39. The zero-order chi connectivity index (χ0) is 17.5. The summed E-state index contributed by atoms with van der Waals surface area (Å²) in [5, 5.41) is 9.63. The molecule has 0 fully saturated rings. The maximum absolute atomic E-state index is 11.7. The second-order valence-electron chi connectivity index (χ2n) is 6.19. The van der Waals surface area contributed by atoms with Crippen LogP contribution in [0.4, 0.5) is 0 Å². The van der Waals surface area contributed by atoms with Crippen LogP contribution >= 0.6 is 0 Å². The van der Waals surface area contributed by atoms with Crippen molar-refractivity contribution >= 4 is 5.97 Å². The molecule has 128 valence electrons. The number of carboxylic acids is 1. The van der Waals surface area contributed by atoms with Crippen molar-refractivity contribution in [2.45, 2.75) is 26.2 Å². The van der Waals surface area contributed by atoms with E-state index in [9.17, 15) is 9.90 Å². The van der Waals surface area contributed by atoms with Crippen LogP contribution in [0.5, 0.6) is 11.5 Å². The highest BCUT2D eigenvalue weighted by Gasteiger charge is 2.23. The standard InChI is InChI=1S/C20H24O4/c1-14(2)13-24-16-10-8-15(9-11-16)12-18(20(21)22)17-6-4-5-7-19(17)23-3/h4-11,14,18H,12-13H2,1-3H3,(H,21,22). The van der Waals surface area contributed by atoms with Crippen molar-refractivity contribution < 1.29 is 19.4 Å². The largest absolute Gasteiger partial charge is 0.496 e. The van der Waals surface area contributed by atoms with E-state index in [2.05, 4.69) is 13.8 Å².